The zero-order chi connectivity index (χ0) is 50.4. The Morgan fingerprint density at radius 3 is 1.13 bits per heavy atom. The van der Waals surface area contributed by atoms with Crippen molar-refractivity contribution in [1.82, 2.24) is 9.44 Å². The molecule has 0 unspecified atom stereocenters. The van der Waals surface area contributed by atoms with E-state index in [0.717, 1.165) is 0 Å². The van der Waals surface area contributed by atoms with E-state index in [1.165, 1.54) is 9.44 Å². The standard InChI is InChI=1S/C30H48N2O33S2/c33-1-3-16(60-29-14(42)9(37)10(38)20(64-29)23(44)45)7(35)6(32-67(54,55)56)28(58-3)63-19-12(40)15(43)30(65-22(19)25(48)49)61-17-4(2-34)57-27(5(8(17)36)31-66(51,52)53)62-18-11(39)13(41)26(50)59-21(18)24(46)47/h3-22,26-43,50H,1-2H2,(H,44,45)(H,46,47)(H,48,49)(H,51,52,53)(H,54,55,56)/t3-,4-,5-,6-,7-,8-,9+,10+,11-,12-,13-,14-,15-,16-,17-,18+,19+,20-,21-,22-,26-,27-,28-,29-,30-/m1/s1. The lowest BCUT2D eigenvalue weighted by Crippen LogP contribution is -2.70. The molecule has 25 atom stereocenters. The highest BCUT2D eigenvalue weighted by Crippen LogP contribution is 2.36. The molecule has 0 bridgehead atoms. The minimum Gasteiger partial charge on any atom is -0.479 e. The monoisotopic (exact) mass is 1030 g/mol. The summed E-state index contributed by atoms with van der Waals surface area (Å²) in [5.41, 5.74) is 0. The van der Waals surface area contributed by atoms with Gasteiger partial charge in [-0.1, -0.05) is 0 Å². The van der Waals surface area contributed by atoms with Crippen molar-refractivity contribution in [3.63, 3.8) is 0 Å². The molecule has 19 N–H and O–H groups in total. The second kappa shape index (κ2) is 21.7. The van der Waals surface area contributed by atoms with Gasteiger partial charge >= 0.3 is 38.5 Å². The fourth-order valence-corrected chi connectivity index (χ4v) is 8.77. The number of aliphatic hydroxyl groups is 12. The van der Waals surface area contributed by atoms with Gasteiger partial charge in [-0.3, -0.25) is 9.11 Å². The SMILES string of the molecule is O=C(O)[C@@H]1O[C@@H](O[C@H]2[C@H](O)[C@@H](NS(=O)(=O)O)[C@@H](O[C@H]3[C@H](O)[C@@H](O)[C@H](O[C@H]4[C@H](O)[C@@H](NS(=O)(=O)O)[C@@H](O[C@H]5[C@H](O)[C@@H](O)[C@H](O)O[C@H]5C(=O)O)O[C@@H]4CO)O[C@H]3C(=O)O)O[C@@H]2CO)[C@H](O)[C@@H](O)[C@@H]1O. The first-order valence-electron chi connectivity index (χ1n) is 19.1. The summed E-state index contributed by atoms with van der Waals surface area (Å²) in [6.45, 7) is -2.56. The number of ether oxygens (including phenoxy) is 9. The van der Waals surface area contributed by atoms with Gasteiger partial charge in [0, 0.05) is 0 Å². The van der Waals surface area contributed by atoms with Crippen LogP contribution in [-0.4, -0.2) is 287 Å². The largest absolute Gasteiger partial charge is 0.479 e. The smallest absolute Gasteiger partial charge is 0.335 e. The van der Waals surface area contributed by atoms with Crippen molar-refractivity contribution in [3.8, 4) is 0 Å². The third kappa shape index (κ3) is 12.3. The molecule has 0 aromatic carbocycles. The topological polar surface area (TPSA) is 571 Å². The maximum Gasteiger partial charge on any atom is 0.335 e. The van der Waals surface area contributed by atoms with Crippen LogP contribution >= 0.6 is 0 Å². The van der Waals surface area contributed by atoms with Crippen molar-refractivity contribution in [3.05, 3.63) is 0 Å². The van der Waals surface area contributed by atoms with Crippen molar-refractivity contribution >= 4 is 38.5 Å². The lowest BCUT2D eigenvalue weighted by molar-refractivity contribution is -0.375. The number of carboxylic acids is 3. The van der Waals surface area contributed by atoms with E-state index in [1.54, 1.807) is 0 Å². The predicted octanol–water partition coefficient (Wildman–Crippen LogP) is -12.8. The van der Waals surface area contributed by atoms with Crippen molar-refractivity contribution < 1.29 is 160 Å². The van der Waals surface area contributed by atoms with Gasteiger partial charge in [-0.15, -0.1) is 0 Å². The van der Waals surface area contributed by atoms with E-state index in [4.69, 9.17) is 42.6 Å². The fourth-order valence-electron chi connectivity index (χ4n) is 7.58. The van der Waals surface area contributed by atoms with Gasteiger partial charge in [-0.25, -0.2) is 14.4 Å². The third-order valence-corrected chi connectivity index (χ3v) is 12.0. The summed E-state index contributed by atoms with van der Waals surface area (Å²) in [6.07, 6.45) is -54.1. The van der Waals surface area contributed by atoms with E-state index in [-0.39, 0.29) is 0 Å². The summed E-state index contributed by atoms with van der Waals surface area (Å²) in [4.78, 5) is 36.0. The molecule has 5 aliphatic heterocycles. The molecule has 0 aliphatic carbocycles. The van der Waals surface area contributed by atoms with Gasteiger partial charge in [0.2, 0.25) is 0 Å². The summed E-state index contributed by atoms with van der Waals surface area (Å²) >= 11 is 0. The second-order valence-electron chi connectivity index (χ2n) is 15.3. The Labute approximate surface area is 373 Å². The highest BCUT2D eigenvalue weighted by Gasteiger charge is 2.59. The first kappa shape index (κ1) is 55.2. The Morgan fingerprint density at radius 1 is 0.418 bits per heavy atom. The Hall–Kier alpha value is -2.69. The normalized spacial score (nSPS) is 46.7. The summed E-state index contributed by atoms with van der Waals surface area (Å²) in [6, 6.07) is -4.83. The number of hydrogen-bond acceptors (Lipinski definition) is 28. The average Bonchev–Trinajstić information content (AvgIpc) is 3.23. The Balaban J connectivity index is 1.38. The minimum atomic E-state index is -5.48. The average molecular weight is 1030 g/mol. The number of nitrogens with one attached hydrogen (secondary N) is 2. The van der Waals surface area contributed by atoms with Crippen LogP contribution in [0, 0.1) is 0 Å². The van der Waals surface area contributed by atoms with E-state index >= 15 is 0 Å². The molecule has 35 nitrogen and oxygen atoms in total. The van der Waals surface area contributed by atoms with E-state index < -0.39 is 205 Å². The number of hydrogen-bond donors (Lipinski definition) is 19. The summed E-state index contributed by atoms with van der Waals surface area (Å²) < 4.78 is 118. The van der Waals surface area contributed by atoms with Crippen molar-refractivity contribution in [2.75, 3.05) is 13.2 Å². The molecule has 37 heteroatoms. The van der Waals surface area contributed by atoms with Crippen LogP contribution in [0.3, 0.4) is 0 Å². The lowest BCUT2D eigenvalue weighted by atomic mass is 9.94. The fraction of sp³-hybridized carbons (Fsp3) is 0.900. The zero-order valence-corrected chi connectivity index (χ0v) is 34.9. The molecule has 5 rings (SSSR count). The molecule has 5 fully saturated rings. The zero-order valence-electron chi connectivity index (χ0n) is 33.3. The van der Waals surface area contributed by atoms with Crippen LogP contribution in [0.1, 0.15) is 0 Å². The molecule has 0 saturated carbocycles. The second-order valence-corrected chi connectivity index (χ2v) is 17.7. The van der Waals surface area contributed by atoms with Gasteiger partial charge < -0.3 is 119 Å². The van der Waals surface area contributed by atoms with Crippen LogP contribution < -0.4 is 9.44 Å². The van der Waals surface area contributed by atoms with Gasteiger partial charge in [0.15, 0.2) is 49.8 Å². The van der Waals surface area contributed by atoms with Crippen LogP contribution in [0.15, 0.2) is 0 Å². The molecule has 67 heavy (non-hydrogen) atoms. The first-order chi connectivity index (χ1) is 31.0. The Kier molecular flexibility index (Phi) is 17.9. The van der Waals surface area contributed by atoms with Crippen molar-refractivity contribution in [2.24, 2.45) is 0 Å². The molecule has 0 aromatic rings. The summed E-state index contributed by atoms with van der Waals surface area (Å²) in [7, 11) is -10.9. The number of aliphatic carboxylic acids is 3. The van der Waals surface area contributed by atoms with Crippen LogP contribution in [0.2, 0.25) is 0 Å². The summed E-state index contributed by atoms with van der Waals surface area (Å²) in [5, 5.41) is 155. The van der Waals surface area contributed by atoms with E-state index in [0.29, 0.717) is 0 Å². The molecule has 5 saturated heterocycles. The van der Waals surface area contributed by atoms with Crippen LogP contribution in [0.4, 0.5) is 0 Å². The lowest BCUT2D eigenvalue weighted by Gasteiger charge is -2.49. The van der Waals surface area contributed by atoms with Crippen LogP contribution in [0.25, 0.3) is 0 Å². The molecule has 388 valence electrons. The number of carboxylic acid groups (broad SMARTS) is 3. The van der Waals surface area contributed by atoms with Gasteiger partial charge in [0.05, 0.1) is 13.2 Å². The quantitative estimate of drug-likeness (QED) is 0.0602. The van der Waals surface area contributed by atoms with Gasteiger partial charge in [0.1, 0.15) is 104 Å². The predicted molar refractivity (Wildman–Crippen MR) is 193 cm³/mol. The molecule has 0 amide bonds. The number of carbonyl (C=O) groups is 3. The van der Waals surface area contributed by atoms with Crippen LogP contribution in [-0.2, 0) is 77.6 Å². The molecular formula is C30H48N2O33S2. The maximum atomic E-state index is 12.6. The van der Waals surface area contributed by atoms with E-state index in [1.807, 2.05) is 0 Å². The Morgan fingerprint density at radius 2 is 0.761 bits per heavy atom. The maximum absolute atomic E-state index is 12.6. The number of rotatable bonds is 17. The molecule has 0 radical (unpaired) electrons. The first-order valence-corrected chi connectivity index (χ1v) is 22.0. The minimum absolute atomic E-state index is 1.27. The van der Waals surface area contributed by atoms with E-state index in [9.17, 15) is 117 Å². The Bertz CT molecular complexity index is 1950. The van der Waals surface area contributed by atoms with Crippen molar-refractivity contribution in [1.29, 1.82) is 0 Å². The van der Waals surface area contributed by atoms with E-state index in [2.05, 4.69) is 0 Å². The van der Waals surface area contributed by atoms with Gasteiger partial charge in [-0.05, 0) is 0 Å². The molecule has 0 spiro atoms. The third-order valence-electron chi connectivity index (χ3n) is 10.8. The molecule has 0 aromatic heterocycles. The highest BCUT2D eigenvalue weighted by atomic mass is 32.2. The van der Waals surface area contributed by atoms with Gasteiger partial charge in [-0.2, -0.15) is 26.3 Å². The molecular weight excluding hydrogens is 980 g/mol. The van der Waals surface area contributed by atoms with Gasteiger partial charge in [0.25, 0.3) is 0 Å². The summed E-state index contributed by atoms with van der Waals surface area (Å²) in [5.74, 6) is -5.93. The molecule has 5 aliphatic rings. The molecule has 5 heterocycles. The van der Waals surface area contributed by atoms with Crippen molar-refractivity contribution in [2.45, 2.75) is 153 Å². The number of aliphatic hydroxyl groups excluding tert-OH is 12. The van der Waals surface area contributed by atoms with Crippen LogP contribution in [0.5, 0.6) is 0 Å². The highest BCUT2D eigenvalue weighted by molar-refractivity contribution is 7.84.